The predicted molar refractivity (Wildman–Crippen MR) is 46.0 cm³/mol. The summed E-state index contributed by atoms with van der Waals surface area (Å²) in [6.45, 7) is 0. The van der Waals surface area contributed by atoms with Crippen LogP contribution < -0.4 is 56.7 Å². The molecule has 1 aliphatic heterocycles. The molecule has 2 rings (SSSR count). The molecule has 1 aliphatic rings. The number of carbonyl (C=O) groups excluding carboxylic acids is 2. The van der Waals surface area contributed by atoms with Gasteiger partial charge in [0.15, 0.2) is 0 Å². The van der Waals surface area contributed by atoms with Crippen LogP contribution in [0, 0.1) is 10.1 Å². The van der Waals surface area contributed by atoms with E-state index >= 15 is 0 Å². The number of hydrogen-bond acceptors (Lipinski definition) is 4. The Morgan fingerprint density at radius 1 is 1.27 bits per heavy atom. The van der Waals surface area contributed by atoms with Gasteiger partial charge in [0, 0.05) is 6.07 Å². The molecule has 0 aromatic heterocycles. The van der Waals surface area contributed by atoms with Crippen molar-refractivity contribution < 1.29 is 67.3 Å². The summed E-state index contributed by atoms with van der Waals surface area (Å²) < 4.78 is 0. The number of nitro benzene ring substituents is 1. The fourth-order valence-corrected chi connectivity index (χ4v) is 1.35. The molecule has 1 N–H and O–H groups in total. The van der Waals surface area contributed by atoms with Crippen molar-refractivity contribution in [3.05, 3.63) is 39.4 Å². The molecule has 72 valence electrons. The number of benzene rings is 1. The van der Waals surface area contributed by atoms with Crippen LogP contribution in [0.15, 0.2) is 18.2 Å². The van der Waals surface area contributed by atoms with Gasteiger partial charge in [-0.15, -0.1) is 0 Å². The Balaban J connectivity index is 0.00000112. The van der Waals surface area contributed by atoms with Crippen LogP contribution in [0.2, 0.25) is 0 Å². The van der Waals surface area contributed by atoms with Crippen molar-refractivity contribution in [2.24, 2.45) is 0 Å². The van der Waals surface area contributed by atoms with E-state index < -0.39 is 16.7 Å². The zero-order valence-corrected chi connectivity index (χ0v) is 10.9. The third-order valence-electron chi connectivity index (χ3n) is 1.94. The van der Waals surface area contributed by atoms with E-state index in [1.807, 2.05) is 5.32 Å². The Hall–Kier alpha value is -0.604. The van der Waals surface area contributed by atoms with E-state index in [-0.39, 0.29) is 69.6 Å². The van der Waals surface area contributed by atoms with Gasteiger partial charge in [-0.3, -0.25) is 25.0 Å². The number of nitro groups is 1. The predicted octanol–water partition coefficient (Wildman–Crippen LogP) is -2.41. The van der Waals surface area contributed by atoms with Crippen LogP contribution in [-0.4, -0.2) is 16.7 Å². The van der Waals surface area contributed by atoms with Crippen molar-refractivity contribution in [2.75, 3.05) is 0 Å². The molecule has 0 fully saturated rings. The molecule has 0 aliphatic carbocycles. The molecule has 1 heterocycles. The third-order valence-corrected chi connectivity index (χ3v) is 1.94. The largest absolute Gasteiger partial charge is 1.00 e. The maximum Gasteiger partial charge on any atom is 1.00 e. The number of fused-ring (bicyclic) bond motifs is 1. The second-order valence-corrected chi connectivity index (χ2v) is 2.74. The molecule has 0 unspecified atom stereocenters. The van der Waals surface area contributed by atoms with Gasteiger partial charge in [-0.2, -0.15) is 0 Å². The first kappa shape index (κ1) is 12.5. The van der Waals surface area contributed by atoms with Gasteiger partial charge in [-0.25, -0.2) is 0 Å². The van der Waals surface area contributed by atoms with Crippen molar-refractivity contribution in [1.29, 1.82) is 0 Å². The molecule has 6 nitrogen and oxygen atoms in total. The summed E-state index contributed by atoms with van der Waals surface area (Å²) in [5.74, 6) is -1.30. The molecule has 0 radical (unpaired) electrons. The Labute approximate surface area is 128 Å². The summed E-state index contributed by atoms with van der Waals surface area (Å²) in [6.07, 6.45) is 0. The number of imide groups is 1. The zero-order chi connectivity index (χ0) is 10.3. The van der Waals surface area contributed by atoms with Crippen molar-refractivity contribution in [2.45, 2.75) is 0 Å². The van der Waals surface area contributed by atoms with Crippen LogP contribution in [0.3, 0.4) is 0 Å². The van der Waals surface area contributed by atoms with E-state index in [1.165, 1.54) is 18.2 Å². The van der Waals surface area contributed by atoms with Crippen LogP contribution in [-0.2, 0) is 0 Å². The average Bonchev–Trinajstić information content (AvgIpc) is 2.43. The van der Waals surface area contributed by atoms with Crippen LogP contribution in [0.4, 0.5) is 5.69 Å². The molecular weight excluding hydrogens is 227 g/mol. The SMILES string of the molecule is O=C1NC(=O)c2c1cccc2[N+](=O)[O-].[H-].[K+]. The second kappa shape index (κ2) is 4.50. The Morgan fingerprint density at radius 2 is 1.93 bits per heavy atom. The summed E-state index contributed by atoms with van der Waals surface area (Å²) in [5.41, 5.74) is -0.433. The van der Waals surface area contributed by atoms with Crippen molar-refractivity contribution in [3.63, 3.8) is 0 Å². The molecule has 2 amide bonds. The molecule has 0 bridgehead atoms. The summed E-state index contributed by atoms with van der Waals surface area (Å²) in [7, 11) is 0. The molecular formula is C8H5KN2O4. The molecule has 0 saturated heterocycles. The maximum atomic E-state index is 11.2. The van der Waals surface area contributed by atoms with Crippen LogP contribution >= 0.6 is 0 Å². The van der Waals surface area contributed by atoms with Gasteiger partial charge in [0.2, 0.25) is 0 Å². The van der Waals surface area contributed by atoms with Gasteiger partial charge < -0.3 is 1.43 Å². The quantitative estimate of drug-likeness (QED) is 0.253. The fourth-order valence-electron chi connectivity index (χ4n) is 1.35. The topological polar surface area (TPSA) is 89.3 Å². The van der Waals surface area contributed by atoms with Crippen molar-refractivity contribution in [1.82, 2.24) is 5.32 Å². The van der Waals surface area contributed by atoms with E-state index in [9.17, 15) is 19.7 Å². The first-order chi connectivity index (χ1) is 6.61. The van der Waals surface area contributed by atoms with Crippen molar-refractivity contribution in [3.8, 4) is 0 Å². The average molecular weight is 232 g/mol. The van der Waals surface area contributed by atoms with Gasteiger partial charge in [0.05, 0.1) is 10.5 Å². The normalized spacial score (nSPS) is 12.8. The molecule has 0 saturated carbocycles. The molecule has 15 heavy (non-hydrogen) atoms. The fraction of sp³-hybridized carbons (Fsp3) is 0. The number of nitrogens with zero attached hydrogens (tertiary/aromatic N) is 1. The monoisotopic (exact) mass is 232 g/mol. The minimum atomic E-state index is -0.711. The van der Waals surface area contributed by atoms with Crippen LogP contribution in [0.1, 0.15) is 22.1 Å². The summed E-state index contributed by atoms with van der Waals surface area (Å²) in [4.78, 5) is 32.1. The standard InChI is InChI=1S/C8H4N2O4.K.H/c11-7-4-2-1-3-5(10(13)14)6(4)8(12)9-7;;/h1-3H,(H,9,11,12);;/q;+1;-1. The number of carbonyl (C=O) groups is 2. The number of nitrogens with one attached hydrogen (secondary N) is 1. The first-order valence-corrected chi connectivity index (χ1v) is 3.74. The van der Waals surface area contributed by atoms with E-state index in [4.69, 9.17) is 0 Å². The van der Waals surface area contributed by atoms with Gasteiger partial charge >= 0.3 is 51.4 Å². The second-order valence-electron chi connectivity index (χ2n) is 2.74. The minimum absolute atomic E-state index is 0. The van der Waals surface area contributed by atoms with E-state index in [0.29, 0.717) is 0 Å². The first-order valence-electron chi connectivity index (χ1n) is 3.74. The van der Waals surface area contributed by atoms with Gasteiger partial charge in [-0.1, -0.05) is 6.07 Å². The maximum absolute atomic E-state index is 11.2. The molecule has 7 heteroatoms. The Morgan fingerprint density at radius 3 is 2.53 bits per heavy atom. The Kier molecular flexibility index (Phi) is 3.74. The smallest absolute Gasteiger partial charge is 1.00 e. The summed E-state index contributed by atoms with van der Waals surface area (Å²) >= 11 is 0. The summed E-state index contributed by atoms with van der Waals surface area (Å²) in [5, 5.41) is 12.5. The zero-order valence-electron chi connectivity index (χ0n) is 8.81. The Bertz CT molecular complexity index is 477. The van der Waals surface area contributed by atoms with Crippen LogP contribution in [0.25, 0.3) is 0 Å². The molecule has 1 aromatic carbocycles. The van der Waals surface area contributed by atoms with Gasteiger partial charge in [0.25, 0.3) is 17.5 Å². The van der Waals surface area contributed by atoms with Gasteiger partial charge in [0.1, 0.15) is 5.56 Å². The van der Waals surface area contributed by atoms with E-state index in [0.717, 1.165) is 0 Å². The van der Waals surface area contributed by atoms with Gasteiger partial charge in [-0.05, 0) is 6.07 Å². The number of amides is 2. The third kappa shape index (κ3) is 2.01. The number of rotatable bonds is 1. The number of hydrogen-bond donors (Lipinski definition) is 1. The minimum Gasteiger partial charge on any atom is -1.00 e. The molecule has 0 atom stereocenters. The molecule has 1 aromatic rings. The summed E-state index contributed by atoms with van der Waals surface area (Å²) in [6, 6.07) is 3.94. The van der Waals surface area contributed by atoms with E-state index in [1.54, 1.807) is 0 Å². The molecule has 0 spiro atoms. The van der Waals surface area contributed by atoms with Crippen molar-refractivity contribution >= 4 is 17.5 Å². The van der Waals surface area contributed by atoms with E-state index in [2.05, 4.69) is 0 Å². The van der Waals surface area contributed by atoms with Crippen LogP contribution in [0.5, 0.6) is 0 Å².